The maximum atomic E-state index is 5.21. The number of hydrogen-bond donors (Lipinski definition) is 0. The van der Waals surface area contributed by atoms with E-state index in [0.717, 1.165) is 46.5 Å². The van der Waals surface area contributed by atoms with E-state index in [-0.39, 0.29) is 5.41 Å². The number of allylic oxidation sites excluding steroid dienone is 8. The molecule has 348 valence electrons. The van der Waals surface area contributed by atoms with Gasteiger partial charge in [0.1, 0.15) is 5.82 Å². The molecule has 0 radical (unpaired) electrons. The van der Waals surface area contributed by atoms with Gasteiger partial charge in [0.15, 0.2) is 0 Å². The molecule has 1 heterocycles. The Bertz CT molecular complexity index is 3940. The van der Waals surface area contributed by atoms with Gasteiger partial charge in [0.25, 0.3) is 0 Å². The quantitative estimate of drug-likeness (QED) is 0.141. The van der Waals surface area contributed by atoms with E-state index in [1.54, 1.807) is 0 Å². The van der Waals surface area contributed by atoms with Crippen LogP contribution in [0.3, 0.4) is 0 Å². The van der Waals surface area contributed by atoms with Crippen LogP contribution in [0.1, 0.15) is 43.4 Å². The van der Waals surface area contributed by atoms with Crippen molar-refractivity contribution in [2.24, 2.45) is 11.3 Å². The van der Waals surface area contributed by atoms with E-state index in [9.17, 15) is 0 Å². The first-order chi connectivity index (χ1) is 35.9. The first kappa shape index (κ1) is 44.1. The number of hydrogen-bond acceptors (Lipinski definition) is 1. The molecular formula is C71H54N2. The first-order valence-electron chi connectivity index (χ1n) is 25.7. The van der Waals surface area contributed by atoms with Gasteiger partial charge in [0.2, 0.25) is 0 Å². The van der Waals surface area contributed by atoms with Gasteiger partial charge in [-0.1, -0.05) is 208 Å². The van der Waals surface area contributed by atoms with Gasteiger partial charge < -0.3 is 0 Å². The van der Waals surface area contributed by atoms with Crippen LogP contribution in [0.15, 0.2) is 266 Å². The summed E-state index contributed by atoms with van der Waals surface area (Å²) in [4.78, 5) is 5.21. The molecular weight excluding hydrogens is 881 g/mol. The number of para-hydroxylation sites is 3. The highest BCUT2D eigenvalue weighted by atomic mass is 15.1. The highest BCUT2D eigenvalue weighted by Crippen LogP contribution is 2.52. The molecule has 2 heteroatoms. The Labute approximate surface area is 428 Å². The molecule has 2 atom stereocenters. The van der Waals surface area contributed by atoms with Crippen LogP contribution in [0.4, 0.5) is 0 Å². The lowest BCUT2D eigenvalue weighted by Crippen LogP contribution is -2.42. The molecule has 13 rings (SSSR count). The fourth-order valence-electron chi connectivity index (χ4n) is 11.8. The summed E-state index contributed by atoms with van der Waals surface area (Å²) in [6.07, 6.45) is 15.9. The minimum atomic E-state index is -0.346. The molecule has 1 aromatic heterocycles. The van der Waals surface area contributed by atoms with Gasteiger partial charge in [0, 0.05) is 16.7 Å². The van der Waals surface area contributed by atoms with Crippen molar-refractivity contribution in [1.29, 1.82) is 0 Å². The normalized spacial score (nSPS) is 17.0. The molecule has 2 nitrogen and oxygen atoms in total. The lowest BCUT2D eigenvalue weighted by Gasteiger charge is -2.41. The monoisotopic (exact) mass is 934 g/mol. The number of aromatic nitrogens is 2. The summed E-state index contributed by atoms with van der Waals surface area (Å²) < 4.78 is 2.28. The van der Waals surface area contributed by atoms with Gasteiger partial charge >= 0.3 is 0 Å². The van der Waals surface area contributed by atoms with Crippen LogP contribution in [0.2, 0.25) is 0 Å². The second kappa shape index (κ2) is 18.4. The Kier molecular flexibility index (Phi) is 11.1. The lowest BCUT2D eigenvalue weighted by molar-refractivity contribution is 0.547. The SMILES string of the molecule is CC1C=CC=C(c2cc(C3=c4ccc(-c5ccc(-c6nc7ccccc7n6-c6ccccc6)cc5)cc4=C(c4cc(-c5ccccc5)cc(-c5ccccc5)c4)C4=CC=CCC43C)cc(-c3ccccc3)c2)C1. The standard InChI is InChI=1S/C71H54N2/c1-48-20-19-27-54(40-48)59-42-58(51-25-11-5-12-26-51)45-61(46-59)69-63-38-37-55(52-33-35-53(36-34-52)70-72-66-31-15-16-32-67(66)73(70)62-28-13-6-14-29-62)47-64(63)68(65-30-17-18-39-71(65,69)2)60-43-56(49-21-7-3-8-22-49)41-57(44-60)50-23-9-4-10-24-50/h3-38,41-48H,39-40H2,1-2H3. The molecule has 0 saturated heterocycles. The molecule has 0 fully saturated rings. The molecule has 3 aliphatic rings. The molecule has 73 heavy (non-hydrogen) atoms. The fourth-order valence-corrected chi connectivity index (χ4v) is 11.8. The maximum absolute atomic E-state index is 5.21. The van der Waals surface area contributed by atoms with Crippen molar-refractivity contribution in [3.63, 3.8) is 0 Å². The van der Waals surface area contributed by atoms with E-state index in [2.05, 4.69) is 279 Å². The van der Waals surface area contributed by atoms with Gasteiger partial charge in [-0.15, -0.1) is 0 Å². The molecule has 3 aliphatic carbocycles. The summed E-state index contributed by atoms with van der Waals surface area (Å²) in [5.41, 5.74) is 22.6. The number of fused-ring (bicyclic) bond motifs is 3. The summed E-state index contributed by atoms with van der Waals surface area (Å²) in [6, 6.07) is 82.5. The summed E-state index contributed by atoms with van der Waals surface area (Å²) in [6.45, 7) is 4.82. The first-order valence-corrected chi connectivity index (χ1v) is 25.7. The largest absolute Gasteiger partial charge is 0.292 e. The van der Waals surface area contributed by atoms with Crippen molar-refractivity contribution in [2.75, 3.05) is 0 Å². The number of benzene rings is 9. The topological polar surface area (TPSA) is 17.8 Å². The minimum Gasteiger partial charge on any atom is -0.292 e. The van der Waals surface area contributed by atoms with Crippen LogP contribution in [0, 0.1) is 11.3 Å². The highest BCUT2D eigenvalue weighted by Gasteiger charge is 2.40. The summed E-state index contributed by atoms with van der Waals surface area (Å²) in [7, 11) is 0. The summed E-state index contributed by atoms with van der Waals surface area (Å²) in [5, 5.41) is 2.51. The van der Waals surface area contributed by atoms with E-state index in [1.807, 2.05) is 0 Å². The van der Waals surface area contributed by atoms with Crippen LogP contribution in [-0.2, 0) is 0 Å². The van der Waals surface area contributed by atoms with Gasteiger partial charge in [-0.2, -0.15) is 0 Å². The highest BCUT2D eigenvalue weighted by molar-refractivity contribution is 5.95. The van der Waals surface area contributed by atoms with Crippen molar-refractivity contribution in [1.82, 2.24) is 9.55 Å². The molecule has 0 saturated carbocycles. The zero-order valence-corrected chi connectivity index (χ0v) is 41.2. The fraction of sp³-hybridized carbons (Fsp3) is 0.0845. The zero-order chi connectivity index (χ0) is 48.9. The Balaban J connectivity index is 1.08. The molecule has 9 aromatic carbocycles. The van der Waals surface area contributed by atoms with Crippen LogP contribution in [0.25, 0.3) is 89.3 Å². The average molecular weight is 935 g/mol. The van der Waals surface area contributed by atoms with E-state index < -0.39 is 0 Å². The predicted molar refractivity (Wildman–Crippen MR) is 306 cm³/mol. The Morgan fingerprint density at radius 3 is 1.64 bits per heavy atom. The van der Waals surface area contributed by atoms with Crippen molar-refractivity contribution >= 4 is 27.8 Å². The molecule has 2 unspecified atom stereocenters. The predicted octanol–water partition coefficient (Wildman–Crippen LogP) is 16.6. The van der Waals surface area contributed by atoms with Crippen molar-refractivity contribution in [2.45, 2.75) is 26.7 Å². The number of nitrogens with zero attached hydrogens (tertiary/aromatic N) is 2. The molecule has 0 bridgehead atoms. The van der Waals surface area contributed by atoms with Crippen LogP contribution in [-0.4, -0.2) is 9.55 Å². The maximum Gasteiger partial charge on any atom is 0.145 e. The van der Waals surface area contributed by atoms with Gasteiger partial charge in [0.05, 0.1) is 11.0 Å². The van der Waals surface area contributed by atoms with Crippen LogP contribution >= 0.6 is 0 Å². The third-order valence-corrected chi connectivity index (χ3v) is 15.4. The second-order valence-corrected chi connectivity index (χ2v) is 20.2. The Morgan fingerprint density at radius 2 is 0.986 bits per heavy atom. The zero-order valence-electron chi connectivity index (χ0n) is 41.2. The van der Waals surface area contributed by atoms with Crippen LogP contribution < -0.4 is 10.4 Å². The van der Waals surface area contributed by atoms with E-state index in [4.69, 9.17) is 4.98 Å². The molecule has 10 aromatic rings. The van der Waals surface area contributed by atoms with Crippen LogP contribution in [0.5, 0.6) is 0 Å². The number of imidazole rings is 1. The molecule has 0 N–H and O–H groups in total. The average Bonchev–Trinajstić information content (AvgIpc) is 3.85. The minimum absolute atomic E-state index is 0.346. The summed E-state index contributed by atoms with van der Waals surface area (Å²) in [5.74, 6) is 1.40. The van der Waals surface area contributed by atoms with Gasteiger partial charge in [-0.3, -0.25) is 4.57 Å². The van der Waals surface area contributed by atoms with E-state index in [0.29, 0.717) is 5.92 Å². The third-order valence-electron chi connectivity index (χ3n) is 15.4. The van der Waals surface area contributed by atoms with Gasteiger partial charge in [-0.25, -0.2) is 4.98 Å². The Morgan fingerprint density at radius 1 is 0.452 bits per heavy atom. The van der Waals surface area contributed by atoms with Crippen molar-refractivity contribution in [3.8, 4) is 61.6 Å². The second-order valence-electron chi connectivity index (χ2n) is 20.2. The molecule has 0 amide bonds. The Hall–Kier alpha value is -8.85. The number of rotatable bonds is 9. The third kappa shape index (κ3) is 8.06. The molecule has 0 spiro atoms. The lowest BCUT2D eigenvalue weighted by atomic mass is 9.62. The van der Waals surface area contributed by atoms with Gasteiger partial charge in [-0.05, 0) is 179 Å². The van der Waals surface area contributed by atoms with Crippen molar-refractivity contribution in [3.05, 3.63) is 294 Å². The molecule has 0 aliphatic heterocycles. The summed E-state index contributed by atoms with van der Waals surface area (Å²) >= 11 is 0. The van der Waals surface area contributed by atoms with E-state index in [1.165, 1.54) is 88.4 Å². The smallest absolute Gasteiger partial charge is 0.145 e. The van der Waals surface area contributed by atoms with Crippen molar-refractivity contribution < 1.29 is 0 Å². The van der Waals surface area contributed by atoms with E-state index >= 15 is 0 Å².